The normalized spacial score (nSPS) is 10.6. The second-order valence-electron chi connectivity index (χ2n) is 3.93. The second-order valence-corrected chi connectivity index (χ2v) is 3.93. The maximum absolute atomic E-state index is 5.40. The van der Waals surface area contributed by atoms with Gasteiger partial charge in [0.15, 0.2) is 0 Å². The van der Waals surface area contributed by atoms with Gasteiger partial charge in [-0.05, 0) is 19.1 Å². The van der Waals surface area contributed by atoms with Crippen LogP contribution in [0.4, 0.5) is 5.82 Å². The molecule has 0 fully saturated rings. The third kappa shape index (κ3) is 3.07. The van der Waals surface area contributed by atoms with Crippen LogP contribution in [0.5, 0.6) is 0 Å². The van der Waals surface area contributed by atoms with Crippen molar-refractivity contribution in [1.82, 2.24) is 4.98 Å². The SMILES string of the molecule is C=C(C)COCCNc1nccc2occc12. The van der Waals surface area contributed by atoms with Crippen molar-refractivity contribution < 1.29 is 9.15 Å². The summed E-state index contributed by atoms with van der Waals surface area (Å²) in [5.74, 6) is 0.829. The molecule has 1 N–H and O–H groups in total. The van der Waals surface area contributed by atoms with Gasteiger partial charge in [0.2, 0.25) is 0 Å². The van der Waals surface area contributed by atoms with E-state index in [-0.39, 0.29) is 0 Å². The number of ether oxygens (including phenoxy) is 1. The predicted molar refractivity (Wildman–Crippen MR) is 68.1 cm³/mol. The summed E-state index contributed by atoms with van der Waals surface area (Å²) in [6.07, 6.45) is 3.39. The molecule has 0 aliphatic carbocycles. The smallest absolute Gasteiger partial charge is 0.139 e. The Balaban J connectivity index is 1.86. The van der Waals surface area contributed by atoms with E-state index in [0.29, 0.717) is 19.8 Å². The van der Waals surface area contributed by atoms with Crippen molar-refractivity contribution >= 4 is 16.8 Å². The fraction of sp³-hybridized carbons (Fsp3) is 0.308. The molecule has 0 aromatic carbocycles. The number of fused-ring (bicyclic) bond motifs is 1. The summed E-state index contributed by atoms with van der Waals surface area (Å²) in [5.41, 5.74) is 1.87. The van der Waals surface area contributed by atoms with Gasteiger partial charge in [-0.25, -0.2) is 4.98 Å². The van der Waals surface area contributed by atoms with Crippen LogP contribution in [0.15, 0.2) is 41.2 Å². The van der Waals surface area contributed by atoms with E-state index in [0.717, 1.165) is 22.4 Å². The van der Waals surface area contributed by atoms with Crippen molar-refractivity contribution in [2.45, 2.75) is 6.92 Å². The Morgan fingerprint density at radius 3 is 3.24 bits per heavy atom. The minimum Gasteiger partial charge on any atom is -0.464 e. The number of nitrogens with zero attached hydrogens (tertiary/aromatic N) is 1. The molecule has 0 unspecified atom stereocenters. The van der Waals surface area contributed by atoms with E-state index in [9.17, 15) is 0 Å². The number of furan rings is 1. The summed E-state index contributed by atoms with van der Waals surface area (Å²) < 4.78 is 10.7. The van der Waals surface area contributed by atoms with Gasteiger partial charge in [-0.15, -0.1) is 0 Å². The van der Waals surface area contributed by atoms with E-state index in [1.54, 1.807) is 12.5 Å². The highest BCUT2D eigenvalue weighted by molar-refractivity contribution is 5.87. The maximum atomic E-state index is 5.40. The van der Waals surface area contributed by atoms with Crippen molar-refractivity contribution in [3.8, 4) is 0 Å². The monoisotopic (exact) mass is 232 g/mol. The highest BCUT2D eigenvalue weighted by atomic mass is 16.5. The maximum Gasteiger partial charge on any atom is 0.139 e. The minimum absolute atomic E-state index is 0.602. The molecular formula is C13H16N2O2. The predicted octanol–water partition coefficient (Wildman–Crippen LogP) is 2.83. The lowest BCUT2D eigenvalue weighted by atomic mass is 10.3. The van der Waals surface area contributed by atoms with Crippen LogP contribution >= 0.6 is 0 Å². The number of nitrogens with one attached hydrogen (secondary N) is 1. The Morgan fingerprint density at radius 1 is 1.53 bits per heavy atom. The first-order chi connectivity index (χ1) is 8.27. The molecule has 0 amide bonds. The van der Waals surface area contributed by atoms with Crippen LogP contribution in [0.3, 0.4) is 0 Å². The standard InChI is InChI=1S/C13H16N2O2/c1-10(2)9-16-8-6-15-13-11-4-7-17-12(11)3-5-14-13/h3-5,7H,1,6,8-9H2,2H3,(H,14,15). The molecule has 0 radical (unpaired) electrons. The molecule has 2 heterocycles. The number of rotatable bonds is 6. The molecule has 0 spiro atoms. The zero-order chi connectivity index (χ0) is 12.1. The molecule has 2 rings (SSSR count). The van der Waals surface area contributed by atoms with E-state index >= 15 is 0 Å². The molecule has 4 heteroatoms. The second kappa shape index (κ2) is 5.50. The van der Waals surface area contributed by atoms with E-state index in [2.05, 4.69) is 16.9 Å². The molecular weight excluding hydrogens is 216 g/mol. The van der Waals surface area contributed by atoms with Gasteiger partial charge >= 0.3 is 0 Å². The third-order valence-corrected chi connectivity index (χ3v) is 2.27. The zero-order valence-corrected chi connectivity index (χ0v) is 9.90. The van der Waals surface area contributed by atoms with Gasteiger partial charge in [-0.3, -0.25) is 0 Å². The molecule has 2 aromatic heterocycles. The Kier molecular flexibility index (Phi) is 3.77. The van der Waals surface area contributed by atoms with Crippen molar-refractivity contribution in [2.24, 2.45) is 0 Å². The number of hydrogen-bond acceptors (Lipinski definition) is 4. The average Bonchev–Trinajstić information content (AvgIpc) is 2.77. The summed E-state index contributed by atoms with van der Waals surface area (Å²) in [4.78, 5) is 4.27. The van der Waals surface area contributed by atoms with Crippen molar-refractivity contribution in [2.75, 3.05) is 25.1 Å². The lowest BCUT2D eigenvalue weighted by Gasteiger charge is -2.07. The summed E-state index contributed by atoms with van der Waals surface area (Å²) in [6.45, 7) is 7.66. The van der Waals surface area contributed by atoms with Crippen LogP contribution in [0.1, 0.15) is 6.92 Å². The van der Waals surface area contributed by atoms with Gasteiger partial charge < -0.3 is 14.5 Å². The van der Waals surface area contributed by atoms with Crippen LogP contribution in [-0.2, 0) is 4.74 Å². The summed E-state index contributed by atoms with van der Waals surface area (Å²) in [5, 5.41) is 4.21. The summed E-state index contributed by atoms with van der Waals surface area (Å²) >= 11 is 0. The lowest BCUT2D eigenvalue weighted by Crippen LogP contribution is -2.11. The van der Waals surface area contributed by atoms with E-state index in [1.807, 2.05) is 19.1 Å². The van der Waals surface area contributed by atoms with Crippen LogP contribution in [0.2, 0.25) is 0 Å². The Morgan fingerprint density at radius 2 is 2.41 bits per heavy atom. The van der Waals surface area contributed by atoms with Crippen molar-refractivity contribution in [3.63, 3.8) is 0 Å². The van der Waals surface area contributed by atoms with Crippen LogP contribution in [-0.4, -0.2) is 24.7 Å². The first kappa shape index (κ1) is 11.7. The molecule has 2 aromatic rings. The molecule has 0 aliphatic heterocycles. The molecule has 17 heavy (non-hydrogen) atoms. The summed E-state index contributed by atoms with van der Waals surface area (Å²) in [7, 11) is 0. The van der Waals surface area contributed by atoms with Crippen LogP contribution in [0.25, 0.3) is 11.0 Å². The molecule has 0 bridgehead atoms. The molecule has 4 nitrogen and oxygen atoms in total. The fourth-order valence-electron chi connectivity index (χ4n) is 1.52. The van der Waals surface area contributed by atoms with Gasteiger partial charge in [0.25, 0.3) is 0 Å². The largest absolute Gasteiger partial charge is 0.464 e. The number of hydrogen-bond donors (Lipinski definition) is 1. The first-order valence-electron chi connectivity index (χ1n) is 5.55. The molecule has 90 valence electrons. The van der Waals surface area contributed by atoms with Gasteiger partial charge in [-0.2, -0.15) is 0 Å². The molecule has 0 saturated heterocycles. The molecule has 0 atom stereocenters. The molecule has 0 saturated carbocycles. The zero-order valence-electron chi connectivity index (χ0n) is 9.90. The van der Waals surface area contributed by atoms with E-state index < -0.39 is 0 Å². The van der Waals surface area contributed by atoms with Crippen molar-refractivity contribution in [1.29, 1.82) is 0 Å². The highest BCUT2D eigenvalue weighted by Gasteiger charge is 2.03. The molecule has 0 aliphatic rings. The number of anilines is 1. The third-order valence-electron chi connectivity index (χ3n) is 2.27. The van der Waals surface area contributed by atoms with Crippen LogP contribution in [0, 0.1) is 0 Å². The highest BCUT2D eigenvalue weighted by Crippen LogP contribution is 2.21. The van der Waals surface area contributed by atoms with Gasteiger partial charge in [0.1, 0.15) is 11.4 Å². The number of pyridine rings is 1. The summed E-state index contributed by atoms with van der Waals surface area (Å²) in [6, 6.07) is 3.75. The topological polar surface area (TPSA) is 47.3 Å². The Bertz CT molecular complexity index is 505. The quantitative estimate of drug-likeness (QED) is 0.614. The van der Waals surface area contributed by atoms with Gasteiger partial charge in [-0.1, -0.05) is 12.2 Å². The van der Waals surface area contributed by atoms with Gasteiger partial charge in [0.05, 0.1) is 24.9 Å². The first-order valence-corrected chi connectivity index (χ1v) is 5.55. The lowest BCUT2D eigenvalue weighted by molar-refractivity contribution is 0.167. The Labute approximate surface area is 100 Å². The van der Waals surface area contributed by atoms with Gasteiger partial charge in [0, 0.05) is 12.7 Å². The fourth-order valence-corrected chi connectivity index (χ4v) is 1.52. The Hall–Kier alpha value is -1.81. The van der Waals surface area contributed by atoms with Crippen LogP contribution < -0.4 is 5.32 Å². The van der Waals surface area contributed by atoms with E-state index in [4.69, 9.17) is 9.15 Å². The van der Waals surface area contributed by atoms with Crippen molar-refractivity contribution in [3.05, 3.63) is 36.7 Å². The minimum atomic E-state index is 0.602. The van der Waals surface area contributed by atoms with E-state index in [1.165, 1.54) is 0 Å². The average molecular weight is 232 g/mol. The number of aromatic nitrogens is 1.